The lowest BCUT2D eigenvalue weighted by molar-refractivity contribution is -0.150. The highest BCUT2D eigenvalue weighted by atomic mass is 32.2. The number of benzene rings is 2. The fourth-order valence-electron chi connectivity index (χ4n) is 5.50. The number of fused-ring (bicyclic) bond motifs is 1. The molecule has 246 valence electrons. The molecule has 0 aliphatic rings. The normalized spacial score (nSPS) is 11.9. The maximum absolute atomic E-state index is 13.0. The van der Waals surface area contributed by atoms with Crippen molar-refractivity contribution in [2.45, 2.75) is 77.7 Å². The van der Waals surface area contributed by atoms with E-state index in [0.717, 1.165) is 55.2 Å². The molecule has 0 fully saturated rings. The summed E-state index contributed by atoms with van der Waals surface area (Å²) in [7, 11) is 1.46. The van der Waals surface area contributed by atoms with Crippen molar-refractivity contribution in [1.82, 2.24) is 14.5 Å². The number of thioether (sulfide) groups is 1. The molecule has 3 heterocycles. The minimum Gasteiger partial charge on any atom is -0.487 e. The van der Waals surface area contributed by atoms with Gasteiger partial charge in [0.1, 0.15) is 12.4 Å². The molecule has 0 aliphatic carbocycles. The van der Waals surface area contributed by atoms with E-state index in [1.54, 1.807) is 0 Å². The fourth-order valence-corrected chi connectivity index (χ4v) is 6.69. The molecule has 0 unspecified atom stereocenters. The second kappa shape index (κ2) is 14.2. The Morgan fingerprint density at radius 2 is 1.62 bits per heavy atom. The van der Waals surface area contributed by atoms with E-state index < -0.39 is 5.41 Å². The zero-order valence-electron chi connectivity index (χ0n) is 28.7. The predicted octanol–water partition coefficient (Wildman–Crippen LogP) is 9.07. The number of carbonyl (C=O) groups is 1. The second-order valence-electron chi connectivity index (χ2n) is 13.4. The first-order valence-corrected chi connectivity index (χ1v) is 16.8. The van der Waals surface area contributed by atoms with Crippen LogP contribution in [0.4, 0.5) is 0 Å². The molecule has 0 N–H and O–H groups in total. The van der Waals surface area contributed by atoms with Crippen LogP contribution < -0.4 is 9.47 Å². The van der Waals surface area contributed by atoms with Gasteiger partial charge >= 0.3 is 5.97 Å². The number of pyridine rings is 2. The van der Waals surface area contributed by atoms with E-state index in [2.05, 4.69) is 71.7 Å². The van der Waals surface area contributed by atoms with Crippen LogP contribution in [0.15, 0.2) is 84.0 Å². The number of esters is 1. The fraction of sp³-hybridized carbons (Fsp3) is 0.359. The molecule has 2 aromatic carbocycles. The van der Waals surface area contributed by atoms with E-state index in [0.29, 0.717) is 32.1 Å². The zero-order valence-corrected chi connectivity index (χ0v) is 29.5. The minimum absolute atomic E-state index is 0.0701. The van der Waals surface area contributed by atoms with E-state index in [4.69, 9.17) is 14.2 Å². The van der Waals surface area contributed by atoms with Crippen molar-refractivity contribution in [3.05, 3.63) is 102 Å². The molecule has 0 saturated carbocycles. The number of methoxy groups -OCH3 is 1. The Balaban J connectivity index is 1.55. The summed E-state index contributed by atoms with van der Waals surface area (Å²) in [5.41, 5.74) is 6.73. The van der Waals surface area contributed by atoms with E-state index in [-0.39, 0.29) is 10.7 Å². The standard InChI is InChI=1S/C39H45N3O4S/c1-9-45-35-19-15-29(23-41-35)28-13-11-27(12-14-28)24-42-33-18-17-31(46-25-30-16-10-26(2)22-40-30)20-32(33)36(47-38(3,4)5)34(42)21-39(6,7)37(43)44-8/h10-20,22-23H,9,21,24-25H2,1-8H3. The molecule has 0 saturated heterocycles. The van der Waals surface area contributed by atoms with Gasteiger partial charge in [0.2, 0.25) is 5.88 Å². The monoisotopic (exact) mass is 651 g/mol. The van der Waals surface area contributed by atoms with Gasteiger partial charge in [0.25, 0.3) is 0 Å². The largest absolute Gasteiger partial charge is 0.487 e. The van der Waals surface area contributed by atoms with Gasteiger partial charge in [0.15, 0.2) is 0 Å². The Morgan fingerprint density at radius 1 is 0.872 bits per heavy atom. The van der Waals surface area contributed by atoms with Gasteiger partial charge < -0.3 is 18.8 Å². The van der Waals surface area contributed by atoms with Gasteiger partial charge in [-0.3, -0.25) is 9.78 Å². The van der Waals surface area contributed by atoms with Gasteiger partial charge in [-0.25, -0.2) is 4.98 Å². The van der Waals surface area contributed by atoms with Crippen LogP contribution in [-0.4, -0.2) is 39.0 Å². The summed E-state index contributed by atoms with van der Waals surface area (Å²) in [4.78, 5) is 23.1. The number of hydrogen-bond donors (Lipinski definition) is 0. The lowest BCUT2D eigenvalue weighted by Crippen LogP contribution is -2.29. The maximum atomic E-state index is 13.0. The van der Waals surface area contributed by atoms with Crippen LogP contribution in [0.25, 0.3) is 22.0 Å². The number of aromatic nitrogens is 3. The molecular weight excluding hydrogens is 607 g/mol. The van der Waals surface area contributed by atoms with E-state index >= 15 is 0 Å². The quantitative estimate of drug-likeness (QED) is 0.0984. The summed E-state index contributed by atoms with van der Waals surface area (Å²) in [5.74, 6) is 1.17. The molecule has 3 aromatic heterocycles. The Hall–Kier alpha value is -4.30. The predicted molar refractivity (Wildman–Crippen MR) is 190 cm³/mol. The van der Waals surface area contributed by atoms with Crippen molar-refractivity contribution in [2.75, 3.05) is 13.7 Å². The lowest BCUT2D eigenvalue weighted by Gasteiger charge is -2.25. The van der Waals surface area contributed by atoms with Crippen LogP contribution in [0.5, 0.6) is 11.6 Å². The first kappa shape index (κ1) is 34.0. The Kier molecular flexibility index (Phi) is 10.3. The van der Waals surface area contributed by atoms with Crippen LogP contribution in [-0.2, 0) is 29.1 Å². The Labute approximate surface area is 282 Å². The van der Waals surface area contributed by atoms with Gasteiger partial charge in [0, 0.05) is 63.2 Å². The molecule has 47 heavy (non-hydrogen) atoms. The van der Waals surface area contributed by atoms with Crippen molar-refractivity contribution in [1.29, 1.82) is 0 Å². The van der Waals surface area contributed by atoms with Crippen molar-refractivity contribution in [3.8, 4) is 22.8 Å². The smallest absolute Gasteiger partial charge is 0.311 e. The van der Waals surface area contributed by atoms with Gasteiger partial charge in [-0.15, -0.1) is 11.8 Å². The topological polar surface area (TPSA) is 75.5 Å². The van der Waals surface area contributed by atoms with Gasteiger partial charge in [0.05, 0.1) is 24.8 Å². The molecule has 0 amide bonds. The summed E-state index contributed by atoms with van der Waals surface area (Å²) in [6.45, 7) is 16.1. The van der Waals surface area contributed by atoms with Gasteiger partial charge in [-0.05, 0) is 74.7 Å². The number of rotatable bonds is 12. The van der Waals surface area contributed by atoms with Crippen LogP contribution >= 0.6 is 11.8 Å². The third kappa shape index (κ3) is 8.35. The summed E-state index contributed by atoms with van der Waals surface area (Å²) < 4.78 is 19.3. The summed E-state index contributed by atoms with van der Waals surface area (Å²) in [6, 6.07) is 22.8. The summed E-state index contributed by atoms with van der Waals surface area (Å²) in [5, 5.41) is 1.10. The van der Waals surface area contributed by atoms with E-state index in [1.165, 1.54) is 7.11 Å². The second-order valence-corrected chi connectivity index (χ2v) is 15.3. The highest BCUT2D eigenvalue weighted by molar-refractivity contribution is 8.00. The Bertz CT molecular complexity index is 1820. The molecular formula is C39H45N3O4S. The maximum Gasteiger partial charge on any atom is 0.311 e. The summed E-state index contributed by atoms with van der Waals surface area (Å²) in [6.07, 6.45) is 4.22. The van der Waals surface area contributed by atoms with E-state index in [9.17, 15) is 4.79 Å². The molecule has 5 rings (SSSR count). The van der Waals surface area contributed by atoms with Gasteiger partial charge in [-0.1, -0.05) is 51.1 Å². The van der Waals surface area contributed by atoms with Crippen LogP contribution in [0.3, 0.4) is 0 Å². The van der Waals surface area contributed by atoms with Crippen LogP contribution in [0.1, 0.15) is 64.1 Å². The number of nitrogens with zero attached hydrogens (tertiary/aromatic N) is 3. The Morgan fingerprint density at radius 3 is 2.23 bits per heavy atom. The highest BCUT2D eigenvalue weighted by Crippen LogP contribution is 2.44. The molecule has 0 atom stereocenters. The SMILES string of the molecule is CCOc1ccc(-c2ccc(Cn3c(CC(C)(C)C(=O)OC)c(SC(C)(C)C)c4cc(OCc5ccc(C)cn5)ccc43)cc2)cn1. The van der Waals surface area contributed by atoms with Crippen LogP contribution in [0.2, 0.25) is 0 Å². The molecule has 0 aliphatic heterocycles. The molecule has 0 spiro atoms. The highest BCUT2D eigenvalue weighted by Gasteiger charge is 2.33. The first-order valence-electron chi connectivity index (χ1n) is 16.0. The average molecular weight is 652 g/mol. The van der Waals surface area contributed by atoms with Crippen LogP contribution in [0, 0.1) is 12.3 Å². The average Bonchev–Trinajstić information content (AvgIpc) is 3.30. The molecule has 7 nitrogen and oxygen atoms in total. The first-order chi connectivity index (χ1) is 22.4. The third-order valence-electron chi connectivity index (χ3n) is 7.86. The van der Waals surface area contributed by atoms with Crippen molar-refractivity contribution in [3.63, 3.8) is 0 Å². The lowest BCUT2D eigenvalue weighted by atomic mass is 9.87. The molecule has 8 heteroatoms. The number of carbonyl (C=O) groups excluding carboxylic acids is 1. The number of hydrogen-bond acceptors (Lipinski definition) is 7. The minimum atomic E-state index is -0.727. The van der Waals surface area contributed by atoms with E-state index in [1.807, 2.05) is 82.2 Å². The van der Waals surface area contributed by atoms with Crippen molar-refractivity contribution >= 4 is 28.6 Å². The van der Waals surface area contributed by atoms with Crippen molar-refractivity contribution < 1.29 is 19.0 Å². The number of ether oxygens (including phenoxy) is 3. The zero-order chi connectivity index (χ0) is 33.8. The third-order valence-corrected chi connectivity index (χ3v) is 9.13. The molecule has 0 bridgehead atoms. The summed E-state index contributed by atoms with van der Waals surface area (Å²) >= 11 is 1.82. The van der Waals surface area contributed by atoms with Crippen molar-refractivity contribution in [2.24, 2.45) is 5.41 Å². The van der Waals surface area contributed by atoms with Gasteiger partial charge in [-0.2, -0.15) is 0 Å². The number of aryl methyl sites for hydroxylation is 1. The molecule has 5 aromatic rings. The molecule has 0 radical (unpaired) electrons.